The van der Waals surface area contributed by atoms with E-state index >= 15 is 0 Å². The van der Waals surface area contributed by atoms with E-state index in [2.05, 4.69) is 18.2 Å². The minimum absolute atomic E-state index is 0.0395. The average molecular weight is 273 g/mol. The third-order valence-corrected chi connectivity index (χ3v) is 3.54. The summed E-state index contributed by atoms with van der Waals surface area (Å²) < 4.78 is 0. The molecule has 19 heavy (non-hydrogen) atoms. The summed E-state index contributed by atoms with van der Waals surface area (Å²) in [7, 11) is 0. The fourth-order valence-electron chi connectivity index (χ4n) is 2.09. The lowest BCUT2D eigenvalue weighted by atomic mass is 9.90. The predicted molar refractivity (Wildman–Crippen MR) is 79.9 cm³/mol. The maximum absolute atomic E-state index is 10.4. The fourth-order valence-corrected chi connectivity index (χ4v) is 2.40. The van der Waals surface area contributed by atoms with Gasteiger partial charge in [-0.1, -0.05) is 54.7 Å². The summed E-state index contributed by atoms with van der Waals surface area (Å²) >= 11 is 5.39. The number of thiocarbonyl (C=S) groups is 1. The standard InChI is InChI=1S/C15H15NO2S/c17-16(18)9-8-13-6-7-14(15(19)11-13)10-12-4-2-1-3-5-12/h1-7,11,14H,8-10H2. The molecule has 0 bridgehead atoms. The molecule has 2 rings (SSSR count). The highest BCUT2D eigenvalue weighted by atomic mass is 32.1. The third kappa shape index (κ3) is 4.10. The minimum atomic E-state index is -0.298. The van der Waals surface area contributed by atoms with Crippen molar-refractivity contribution < 1.29 is 4.92 Å². The van der Waals surface area contributed by atoms with E-state index < -0.39 is 0 Å². The quantitative estimate of drug-likeness (QED) is 0.469. The maximum Gasteiger partial charge on any atom is 0.207 e. The monoisotopic (exact) mass is 273 g/mol. The van der Waals surface area contributed by atoms with Crippen molar-refractivity contribution in [2.75, 3.05) is 6.54 Å². The van der Waals surface area contributed by atoms with Crippen LogP contribution in [0.5, 0.6) is 0 Å². The highest BCUT2D eigenvalue weighted by molar-refractivity contribution is 7.80. The van der Waals surface area contributed by atoms with Crippen molar-refractivity contribution in [3.63, 3.8) is 0 Å². The van der Waals surface area contributed by atoms with Crippen LogP contribution in [0, 0.1) is 16.0 Å². The lowest BCUT2D eigenvalue weighted by Crippen LogP contribution is -2.15. The van der Waals surface area contributed by atoms with Crippen molar-refractivity contribution in [1.29, 1.82) is 0 Å². The van der Waals surface area contributed by atoms with Crippen molar-refractivity contribution in [1.82, 2.24) is 0 Å². The molecule has 4 heteroatoms. The Morgan fingerprint density at radius 3 is 2.63 bits per heavy atom. The molecule has 1 aromatic carbocycles. The average Bonchev–Trinajstić information content (AvgIpc) is 2.40. The van der Waals surface area contributed by atoms with Crippen LogP contribution in [-0.2, 0) is 6.42 Å². The molecule has 0 radical (unpaired) electrons. The van der Waals surface area contributed by atoms with Crippen LogP contribution in [0.4, 0.5) is 0 Å². The van der Waals surface area contributed by atoms with E-state index in [0.29, 0.717) is 6.42 Å². The van der Waals surface area contributed by atoms with Crippen molar-refractivity contribution in [3.8, 4) is 0 Å². The molecule has 0 amide bonds. The number of allylic oxidation sites excluding steroid dienone is 3. The molecule has 0 aromatic heterocycles. The van der Waals surface area contributed by atoms with Gasteiger partial charge in [0.1, 0.15) is 0 Å². The smallest absolute Gasteiger partial charge is 0.207 e. The van der Waals surface area contributed by atoms with Gasteiger partial charge in [-0.05, 0) is 23.6 Å². The molecule has 0 spiro atoms. The molecule has 0 saturated carbocycles. The molecule has 0 aliphatic heterocycles. The second-order valence-corrected chi connectivity index (χ2v) is 5.05. The van der Waals surface area contributed by atoms with E-state index in [1.165, 1.54) is 5.56 Å². The van der Waals surface area contributed by atoms with Gasteiger partial charge in [0.15, 0.2) is 0 Å². The fraction of sp³-hybridized carbons (Fsp3) is 0.267. The van der Waals surface area contributed by atoms with Gasteiger partial charge in [-0.3, -0.25) is 10.1 Å². The molecule has 3 nitrogen and oxygen atoms in total. The van der Waals surface area contributed by atoms with Crippen molar-refractivity contribution >= 4 is 17.1 Å². The van der Waals surface area contributed by atoms with Crippen LogP contribution in [0.2, 0.25) is 0 Å². The first-order valence-corrected chi connectivity index (χ1v) is 6.64. The summed E-state index contributed by atoms with van der Waals surface area (Å²) in [6.45, 7) is -0.0395. The number of nitrogens with zero attached hydrogens (tertiary/aromatic N) is 1. The number of hydrogen-bond acceptors (Lipinski definition) is 3. The summed E-state index contributed by atoms with van der Waals surface area (Å²) in [5.41, 5.74) is 2.20. The lowest BCUT2D eigenvalue weighted by molar-refractivity contribution is -0.479. The normalized spacial score (nSPS) is 18.2. The van der Waals surface area contributed by atoms with Crippen LogP contribution in [0.15, 0.2) is 54.1 Å². The number of nitro groups is 1. The molecule has 1 aromatic rings. The zero-order valence-electron chi connectivity index (χ0n) is 10.5. The Morgan fingerprint density at radius 2 is 2.00 bits per heavy atom. The summed E-state index contributed by atoms with van der Waals surface area (Å²) in [4.78, 5) is 10.9. The molecule has 0 fully saturated rings. The van der Waals surface area contributed by atoms with Crippen LogP contribution >= 0.6 is 12.2 Å². The molecule has 0 N–H and O–H groups in total. The van der Waals surface area contributed by atoms with E-state index in [0.717, 1.165) is 16.9 Å². The van der Waals surface area contributed by atoms with Gasteiger partial charge in [0, 0.05) is 22.1 Å². The van der Waals surface area contributed by atoms with Gasteiger partial charge in [-0.25, -0.2) is 0 Å². The molecule has 1 unspecified atom stereocenters. The number of hydrogen-bond donors (Lipinski definition) is 0. The highest BCUT2D eigenvalue weighted by Crippen LogP contribution is 2.20. The molecule has 0 heterocycles. The second-order valence-electron chi connectivity index (χ2n) is 4.58. The minimum Gasteiger partial charge on any atom is -0.265 e. The molecular formula is C15H15NO2S. The Morgan fingerprint density at radius 1 is 1.26 bits per heavy atom. The molecule has 1 atom stereocenters. The third-order valence-electron chi connectivity index (χ3n) is 3.12. The molecule has 1 aliphatic carbocycles. The molecular weight excluding hydrogens is 258 g/mol. The summed E-state index contributed by atoms with van der Waals surface area (Å²) in [6.07, 6.45) is 7.26. The predicted octanol–water partition coefficient (Wildman–Crippen LogP) is 3.38. The Bertz CT molecular complexity index is 534. The van der Waals surface area contributed by atoms with Gasteiger partial charge in [0.25, 0.3) is 0 Å². The van der Waals surface area contributed by atoms with Gasteiger partial charge in [0.2, 0.25) is 6.54 Å². The maximum atomic E-state index is 10.4. The van der Waals surface area contributed by atoms with Crippen molar-refractivity contribution in [2.24, 2.45) is 5.92 Å². The topological polar surface area (TPSA) is 43.1 Å². The van der Waals surface area contributed by atoms with Gasteiger partial charge in [-0.15, -0.1) is 0 Å². The lowest BCUT2D eigenvalue weighted by Gasteiger charge is -2.17. The molecule has 0 saturated heterocycles. The Hall–Kier alpha value is -1.81. The van der Waals surface area contributed by atoms with Crippen LogP contribution in [-0.4, -0.2) is 16.3 Å². The Kier molecular flexibility index (Phi) is 4.58. The van der Waals surface area contributed by atoms with E-state index in [9.17, 15) is 10.1 Å². The first-order valence-electron chi connectivity index (χ1n) is 6.23. The summed E-state index contributed by atoms with van der Waals surface area (Å²) in [5, 5.41) is 10.4. The largest absolute Gasteiger partial charge is 0.265 e. The SMILES string of the molecule is O=[N+]([O-])CCC1=CC(=S)C(Cc2ccccc2)C=C1. The van der Waals surface area contributed by atoms with Gasteiger partial charge >= 0.3 is 0 Å². The highest BCUT2D eigenvalue weighted by Gasteiger charge is 2.15. The number of rotatable bonds is 5. The van der Waals surface area contributed by atoms with E-state index in [-0.39, 0.29) is 17.4 Å². The van der Waals surface area contributed by atoms with Crippen LogP contribution in [0.3, 0.4) is 0 Å². The number of benzene rings is 1. The van der Waals surface area contributed by atoms with E-state index in [1.54, 1.807) is 0 Å². The molecule has 98 valence electrons. The second kappa shape index (κ2) is 6.38. The Balaban J connectivity index is 1.96. The molecule has 1 aliphatic rings. The van der Waals surface area contributed by atoms with E-state index in [4.69, 9.17) is 12.2 Å². The van der Waals surface area contributed by atoms with Crippen molar-refractivity contribution in [3.05, 3.63) is 69.8 Å². The van der Waals surface area contributed by atoms with Gasteiger partial charge < -0.3 is 0 Å². The van der Waals surface area contributed by atoms with Crippen molar-refractivity contribution in [2.45, 2.75) is 12.8 Å². The van der Waals surface area contributed by atoms with Crippen LogP contribution < -0.4 is 0 Å². The Labute approximate surface area is 117 Å². The van der Waals surface area contributed by atoms with E-state index in [1.807, 2.05) is 30.4 Å². The first-order chi connectivity index (χ1) is 9.15. The summed E-state index contributed by atoms with van der Waals surface area (Å²) in [5.74, 6) is 0.219. The van der Waals surface area contributed by atoms with Crippen LogP contribution in [0.1, 0.15) is 12.0 Å². The van der Waals surface area contributed by atoms with Gasteiger partial charge in [-0.2, -0.15) is 0 Å². The zero-order chi connectivity index (χ0) is 13.7. The summed E-state index contributed by atoms with van der Waals surface area (Å²) in [6, 6.07) is 10.2. The van der Waals surface area contributed by atoms with Crippen LogP contribution in [0.25, 0.3) is 0 Å². The van der Waals surface area contributed by atoms with Gasteiger partial charge in [0.05, 0.1) is 0 Å². The first kappa shape index (κ1) is 13.6. The zero-order valence-corrected chi connectivity index (χ0v) is 11.3.